The molecule has 1 aromatic heterocycles. The van der Waals surface area contributed by atoms with Crippen molar-refractivity contribution in [3.8, 4) is 6.07 Å². The Labute approximate surface area is 151 Å². The third-order valence-corrected chi connectivity index (χ3v) is 4.82. The van der Waals surface area contributed by atoms with Crippen molar-refractivity contribution in [2.24, 2.45) is 0 Å². The molecule has 8 heteroatoms. The summed E-state index contributed by atoms with van der Waals surface area (Å²) in [5.41, 5.74) is -0.162. The molecule has 0 amide bonds. The lowest BCUT2D eigenvalue weighted by Crippen LogP contribution is -2.07. The van der Waals surface area contributed by atoms with Gasteiger partial charge in [0.2, 0.25) is 0 Å². The van der Waals surface area contributed by atoms with Crippen LogP contribution >= 0.6 is 11.3 Å². The highest BCUT2D eigenvalue weighted by atomic mass is 32.1. The standard InChI is InChI=1S/C18H11N3O4S/c1-10-8-11(6-7-14(10)21(24)25)16(22)13(9-19)18-20-17(23)12-4-2-3-5-15(12)26-18/h2-8,22H,1H3/b16-13-. The molecule has 0 aliphatic rings. The molecule has 0 atom stereocenters. The fourth-order valence-corrected chi connectivity index (χ4v) is 3.47. The predicted octanol–water partition coefficient (Wildman–Crippen LogP) is 3.82. The maximum Gasteiger partial charge on any atom is 0.279 e. The Balaban J connectivity index is 2.19. The highest BCUT2D eigenvalue weighted by molar-refractivity contribution is 7.19. The Hall–Kier alpha value is -3.57. The van der Waals surface area contributed by atoms with Gasteiger partial charge in [-0.05, 0) is 31.2 Å². The molecule has 0 radical (unpaired) electrons. The Morgan fingerprint density at radius 1 is 1.31 bits per heavy atom. The van der Waals surface area contributed by atoms with Gasteiger partial charge in [-0.15, -0.1) is 11.3 Å². The van der Waals surface area contributed by atoms with Crippen molar-refractivity contribution in [3.05, 3.63) is 79.1 Å². The van der Waals surface area contributed by atoms with Gasteiger partial charge < -0.3 is 5.11 Å². The van der Waals surface area contributed by atoms with Crippen LogP contribution in [0, 0.1) is 28.4 Å². The first-order valence-electron chi connectivity index (χ1n) is 7.41. The molecule has 128 valence electrons. The zero-order valence-electron chi connectivity index (χ0n) is 13.5. The van der Waals surface area contributed by atoms with E-state index >= 15 is 0 Å². The second-order valence-corrected chi connectivity index (χ2v) is 6.44. The number of aliphatic hydroxyl groups excluding tert-OH is 1. The van der Waals surface area contributed by atoms with Gasteiger partial charge in [-0.2, -0.15) is 10.2 Å². The maximum atomic E-state index is 12.2. The summed E-state index contributed by atoms with van der Waals surface area (Å²) in [6.45, 7) is 1.54. The number of nitro benzene ring substituents is 1. The number of nitro groups is 1. The van der Waals surface area contributed by atoms with Crippen LogP contribution in [0.5, 0.6) is 0 Å². The van der Waals surface area contributed by atoms with E-state index < -0.39 is 10.5 Å². The van der Waals surface area contributed by atoms with Gasteiger partial charge in [-0.25, -0.2) is 0 Å². The van der Waals surface area contributed by atoms with Crippen molar-refractivity contribution in [2.45, 2.75) is 6.92 Å². The third kappa shape index (κ3) is 3.03. The summed E-state index contributed by atoms with van der Waals surface area (Å²) < 4.78 is 0.642. The van der Waals surface area contributed by atoms with Gasteiger partial charge >= 0.3 is 0 Å². The van der Waals surface area contributed by atoms with Gasteiger partial charge in [0.05, 0.1) is 10.3 Å². The number of aromatic nitrogens is 1. The minimum atomic E-state index is -0.526. The summed E-state index contributed by atoms with van der Waals surface area (Å²) in [6, 6.07) is 12.7. The van der Waals surface area contributed by atoms with Crippen LogP contribution in [0.1, 0.15) is 16.1 Å². The van der Waals surface area contributed by atoms with E-state index in [-0.39, 0.29) is 27.6 Å². The van der Waals surface area contributed by atoms with Crippen LogP contribution in [0.2, 0.25) is 0 Å². The lowest BCUT2D eigenvalue weighted by molar-refractivity contribution is -0.385. The fraction of sp³-hybridized carbons (Fsp3) is 0.0556. The van der Waals surface area contributed by atoms with Crippen LogP contribution in [-0.2, 0) is 0 Å². The lowest BCUT2D eigenvalue weighted by atomic mass is 10.1. The van der Waals surface area contributed by atoms with Gasteiger partial charge in [0.1, 0.15) is 22.4 Å². The van der Waals surface area contributed by atoms with Crippen molar-refractivity contribution < 1.29 is 10.0 Å². The minimum Gasteiger partial charge on any atom is -0.506 e. The molecule has 0 unspecified atom stereocenters. The van der Waals surface area contributed by atoms with E-state index in [1.54, 1.807) is 24.3 Å². The first-order valence-corrected chi connectivity index (χ1v) is 8.23. The number of benzene rings is 2. The van der Waals surface area contributed by atoms with Crippen molar-refractivity contribution in [2.75, 3.05) is 0 Å². The van der Waals surface area contributed by atoms with Crippen LogP contribution in [-0.4, -0.2) is 15.0 Å². The number of rotatable bonds is 3. The molecular weight excluding hydrogens is 354 g/mol. The van der Waals surface area contributed by atoms with Crippen LogP contribution in [0.4, 0.5) is 5.69 Å². The largest absolute Gasteiger partial charge is 0.506 e. The Morgan fingerprint density at radius 3 is 2.69 bits per heavy atom. The Kier molecular flexibility index (Phi) is 4.47. The van der Waals surface area contributed by atoms with Gasteiger partial charge in [-0.3, -0.25) is 14.9 Å². The number of hydrogen-bond acceptors (Lipinski definition) is 7. The zero-order valence-corrected chi connectivity index (χ0v) is 14.3. The topological polar surface area (TPSA) is 117 Å². The number of hydrogen-bond donors (Lipinski definition) is 1. The minimum absolute atomic E-state index is 0.0877. The van der Waals surface area contributed by atoms with Crippen LogP contribution in [0.25, 0.3) is 21.4 Å². The lowest BCUT2D eigenvalue weighted by Gasteiger charge is -2.06. The molecule has 3 aromatic rings. The Morgan fingerprint density at radius 2 is 2.04 bits per heavy atom. The molecule has 0 saturated carbocycles. The van der Waals surface area contributed by atoms with Crippen LogP contribution < -0.4 is 5.56 Å². The summed E-state index contributed by atoms with van der Waals surface area (Å²) in [5, 5.41) is 31.4. The van der Waals surface area contributed by atoms with Gasteiger partial charge in [0, 0.05) is 21.9 Å². The van der Waals surface area contributed by atoms with Crippen molar-refractivity contribution in [1.82, 2.24) is 4.98 Å². The highest BCUT2D eigenvalue weighted by Crippen LogP contribution is 2.29. The second-order valence-electron chi connectivity index (χ2n) is 5.41. The van der Waals surface area contributed by atoms with Crippen LogP contribution in [0.15, 0.2) is 47.3 Å². The molecular formula is C18H11N3O4S. The normalized spacial score (nSPS) is 11.7. The number of nitriles is 1. The van der Waals surface area contributed by atoms with E-state index in [0.717, 1.165) is 11.3 Å². The molecule has 1 heterocycles. The van der Waals surface area contributed by atoms with Crippen LogP contribution in [0.3, 0.4) is 0 Å². The molecule has 0 spiro atoms. The second kappa shape index (κ2) is 6.74. The summed E-state index contributed by atoms with van der Waals surface area (Å²) in [4.78, 5) is 26.4. The van der Waals surface area contributed by atoms with E-state index in [2.05, 4.69) is 4.98 Å². The fourth-order valence-electron chi connectivity index (χ4n) is 2.47. The average molecular weight is 365 g/mol. The number of nitrogens with zero attached hydrogens (tertiary/aromatic N) is 3. The monoisotopic (exact) mass is 365 g/mol. The first-order chi connectivity index (χ1) is 12.4. The summed E-state index contributed by atoms with van der Waals surface area (Å²) in [5.74, 6) is -0.385. The molecule has 1 N–H and O–H groups in total. The number of aryl methyl sites for hydroxylation is 1. The molecule has 0 aliphatic heterocycles. The van der Waals surface area contributed by atoms with E-state index in [4.69, 9.17) is 0 Å². The number of aliphatic hydroxyl groups is 1. The number of fused-ring (bicyclic) bond motifs is 1. The summed E-state index contributed by atoms with van der Waals surface area (Å²) in [6.07, 6.45) is 0. The molecule has 3 rings (SSSR count). The van der Waals surface area contributed by atoms with Crippen molar-refractivity contribution >= 4 is 38.4 Å². The number of allylic oxidation sites excluding steroid dienone is 1. The first kappa shape index (κ1) is 17.3. The molecule has 0 bridgehead atoms. The molecule has 26 heavy (non-hydrogen) atoms. The van der Waals surface area contributed by atoms with Gasteiger partial charge in [0.15, 0.2) is 0 Å². The summed E-state index contributed by atoms with van der Waals surface area (Å²) in [7, 11) is 0. The van der Waals surface area contributed by atoms with E-state index in [1.807, 2.05) is 6.07 Å². The molecule has 2 aromatic carbocycles. The summed E-state index contributed by atoms with van der Waals surface area (Å²) >= 11 is 1.11. The molecule has 0 saturated heterocycles. The van der Waals surface area contributed by atoms with Gasteiger partial charge in [0.25, 0.3) is 11.2 Å². The third-order valence-electron chi connectivity index (χ3n) is 3.76. The predicted molar refractivity (Wildman–Crippen MR) is 98.8 cm³/mol. The van der Waals surface area contributed by atoms with E-state index in [0.29, 0.717) is 15.6 Å². The highest BCUT2D eigenvalue weighted by Gasteiger charge is 2.17. The van der Waals surface area contributed by atoms with Crippen molar-refractivity contribution in [1.29, 1.82) is 5.26 Å². The molecule has 0 aliphatic carbocycles. The van der Waals surface area contributed by atoms with Crippen molar-refractivity contribution in [3.63, 3.8) is 0 Å². The SMILES string of the molecule is Cc1cc(/C(O)=C(\C#N)c2nc(=O)c3ccccc3s2)ccc1[N+](=O)[O-]. The van der Waals surface area contributed by atoms with E-state index in [1.165, 1.54) is 25.1 Å². The zero-order chi connectivity index (χ0) is 18.8. The molecule has 0 fully saturated rings. The molecule has 7 nitrogen and oxygen atoms in total. The smallest absolute Gasteiger partial charge is 0.279 e. The quantitative estimate of drug-likeness (QED) is 0.326. The average Bonchev–Trinajstić information content (AvgIpc) is 2.62. The van der Waals surface area contributed by atoms with E-state index in [9.17, 15) is 25.3 Å². The Bertz CT molecular complexity index is 1180. The van der Waals surface area contributed by atoms with Gasteiger partial charge in [-0.1, -0.05) is 12.1 Å². The maximum absolute atomic E-state index is 12.2.